The fraction of sp³-hybridized carbons (Fsp3) is 0.583. The molecule has 2 rings (SSSR count). The van der Waals surface area contributed by atoms with Gasteiger partial charge in [-0.25, -0.2) is 4.79 Å². The van der Waals surface area contributed by atoms with Crippen molar-refractivity contribution in [3.63, 3.8) is 0 Å². The van der Waals surface area contributed by atoms with Crippen molar-refractivity contribution in [3.8, 4) is 0 Å². The summed E-state index contributed by atoms with van der Waals surface area (Å²) in [4.78, 5) is 12.9. The first-order chi connectivity index (χ1) is 8.20. The van der Waals surface area contributed by atoms with Gasteiger partial charge in [0.15, 0.2) is 0 Å². The van der Waals surface area contributed by atoms with E-state index < -0.39 is 5.97 Å². The summed E-state index contributed by atoms with van der Waals surface area (Å²) in [6, 6.07) is 2.05. The van der Waals surface area contributed by atoms with E-state index in [9.17, 15) is 4.79 Å². The molecule has 1 heterocycles. The first-order valence-corrected chi connectivity index (χ1v) is 5.86. The lowest BCUT2D eigenvalue weighted by Gasteiger charge is -2.36. The summed E-state index contributed by atoms with van der Waals surface area (Å²) in [5.41, 5.74) is 0.178. The Morgan fingerprint density at radius 3 is 2.76 bits per heavy atom. The van der Waals surface area contributed by atoms with Gasteiger partial charge >= 0.3 is 5.97 Å². The van der Waals surface area contributed by atoms with E-state index in [-0.39, 0.29) is 12.2 Å². The Bertz CT molecular complexity index is 384. The molecule has 0 aromatic carbocycles. The van der Waals surface area contributed by atoms with Crippen molar-refractivity contribution in [3.05, 3.63) is 23.7 Å². The third-order valence-electron chi connectivity index (χ3n) is 3.24. The lowest BCUT2D eigenvalue weighted by Crippen LogP contribution is -2.41. The fourth-order valence-corrected chi connectivity index (χ4v) is 2.05. The minimum Gasteiger partial charge on any atom is -0.478 e. The van der Waals surface area contributed by atoms with Crippen LogP contribution in [0.15, 0.2) is 16.7 Å². The number of rotatable bonds is 6. The molecule has 5 nitrogen and oxygen atoms in total. The molecule has 1 aliphatic rings. The largest absolute Gasteiger partial charge is 0.478 e. The highest BCUT2D eigenvalue weighted by Gasteiger charge is 2.25. The summed E-state index contributed by atoms with van der Waals surface area (Å²) in [6.07, 6.45) is 4.78. The van der Waals surface area contributed by atoms with Crippen LogP contribution in [0.1, 0.15) is 35.4 Å². The summed E-state index contributed by atoms with van der Waals surface area (Å²) in [6.45, 7) is 1.29. The molecule has 17 heavy (non-hydrogen) atoms. The second-order valence-corrected chi connectivity index (χ2v) is 4.39. The first-order valence-electron chi connectivity index (χ1n) is 5.86. The summed E-state index contributed by atoms with van der Waals surface area (Å²) >= 11 is 0. The van der Waals surface area contributed by atoms with E-state index in [4.69, 9.17) is 14.6 Å². The van der Waals surface area contributed by atoms with Crippen LogP contribution >= 0.6 is 0 Å². The maximum atomic E-state index is 10.7. The average Bonchev–Trinajstić information content (AvgIpc) is 2.64. The monoisotopic (exact) mass is 239 g/mol. The molecule has 2 N–H and O–H groups in total. The molecule has 1 aromatic heterocycles. The molecule has 0 aliphatic heterocycles. The quantitative estimate of drug-likeness (QED) is 0.783. The van der Waals surface area contributed by atoms with E-state index in [1.54, 1.807) is 6.07 Å². The van der Waals surface area contributed by atoms with E-state index in [1.165, 1.54) is 12.7 Å². The zero-order valence-electron chi connectivity index (χ0n) is 9.63. The van der Waals surface area contributed by atoms with Crippen LogP contribution in [0.2, 0.25) is 0 Å². The number of hydrogen-bond acceptors (Lipinski definition) is 4. The number of carboxylic acids is 1. The topological polar surface area (TPSA) is 73.9 Å². The maximum Gasteiger partial charge on any atom is 0.338 e. The third kappa shape index (κ3) is 2.87. The number of aromatic carboxylic acids is 1. The minimum absolute atomic E-state index is 0.114. The summed E-state index contributed by atoms with van der Waals surface area (Å²) < 4.78 is 5.22. The molecule has 0 amide bonds. The second kappa shape index (κ2) is 5.33. The number of aliphatic hydroxyl groups excluding tert-OH is 1. The molecule has 5 heteroatoms. The molecule has 1 saturated carbocycles. The summed E-state index contributed by atoms with van der Waals surface area (Å²) in [7, 11) is 0. The molecule has 1 aliphatic carbocycles. The average molecular weight is 239 g/mol. The van der Waals surface area contributed by atoms with Gasteiger partial charge in [0.05, 0.1) is 18.7 Å². The minimum atomic E-state index is -0.975. The van der Waals surface area contributed by atoms with Crippen molar-refractivity contribution >= 4 is 5.97 Å². The molecule has 0 unspecified atom stereocenters. The molecular formula is C12H17NO4. The molecule has 1 fully saturated rings. The Labute approximate surface area is 99.6 Å². The molecule has 0 saturated heterocycles. The Hall–Kier alpha value is -1.33. The summed E-state index contributed by atoms with van der Waals surface area (Å²) in [5.74, 6) is -0.333. The third-order valence-corrected chi connectivity index (χ3v) is 3.24. The number of furan rings is 1. The Morgan fingerprint density at radius 2 is 2.29 bits per heavy atom. The highest BCUT2D eigenvalue weighted by molar-refractivity contribution is 5.87. The van der Waals surface area contributed by atoms with Crippen molar-refractivity contribution in [2.75, 3.05) is 13.2 Å². The lowest BCUT2D eigenvalue weighted by atomic mass is 9.91. The molecule has 1 aromatic rings. The Kier molecular flexibility index (Phi) is 3.81. The van der Waals surface area contributed by atoms with E-state index >= 15 is 0 Å². The lowest BCUT2D eigenvalue weighted by molar-refractivity contribution is 0.0696. The van der Waals surface area contributed by atoms with Gasteiger partial charge < -0.3 is 14.6 Å². The normalized spacial score (nSPS) is 16.1. The Morgan fingerprint density at radius 1 is 1.53 bits per heavy atom. The number of hydrogen-bond donors (Lipinski definition) is 2. The number of aliphatic hydroxyl groups is 1. The smallest absolute Gasteiger partial charge is 0.338 e. The van der Waals surface area contributed by atoms with Gasteiger partial charge in [-0.3, -0.25) is 4.90 Å². The number of nitrogens with zero attached hydrogens (tertiary/aromatic N) is 1. The van der Waals surface area contributed by atoms with Crippen molar-refractivity contribution in [1.29, 1.82) is 0 Å². The van der Waals surface area contributed by atoms with Crippen molar-refractivity contribution < 1.29 is 19.4 Å². The van der Waals surface area contributed by atoms with Crippen LogP contribution in [0, 0.1) is 0 Å². The summed E-state index contributed by atoms with van der Waals surface area (Å²) in [5, 5.41) is 17.8. The van der Waals surface area contributed by atoms with E-state index in [0.29, 0.717) is 24.9 Å². The van der Waals surface area contributed by atoms with Gasteiger partial charge in [-0.1, -0.05) is 6.42 Å². The molecular weight excluding hydrogens is 222 g/mol. The number of carboxylic acid groups (broad SMARTS) is 1. The van der Waals surface area contributed by atoms with Crippen LogP contribution in [-0.4, -0.2) is 40.3 Å². The highest BCUT2D eigenvalue weighted by atomic mass is 16.4. The number of carbonyl (C=O) groups is 1. The van der Waals surface area contributed by atoms with Gasteiger partial charge in [0.2, 0.25) is 0 Å². The van der Waals surface area contributed by atoms with E-state index in [1.807, 2.05) is 0 Å². The predicted molar refractivity (Wildman–Crippen MR) is 60.8 cm³/mol. The standard InChI is InChI=1S/C12H17NO4/c14-5-4-13(10-2-1-3-10)7-11-6-9(8-17-11)12(15)16/h6,8,10,14H,1-5,7H2,(H,15,16). The van der Waals surface area contributed by atoms with Gasteiger partial charge in [0.1, 0.15) is 12.0 Å². The van der Waals surface area contributed by atoms with Gasteiger partial charge in [0, 0.05) is 12.6 Å². The van der Waals surface area contributed by atoms with E-state index in [2.05, 4.69) is 4.90 Å². The maximum absolute atomic E-state index is 10.7. The van der Waals surface area contributed by atoms with Gasteiger partial charge in [-0.2, -0.15) is 0 Å². The van der Waals surface area contributed by atoms with Crippen LogP contribution in [0.3, 0.4) is 0 Å². The fourth-order valence-electron chi connectivity index (χ4n) is 2.05. The van der Waals surface area contributed by atoms with Crippen molar-refractivity contribution in [2.45, 2.75) is 31.8 Å². The molecule has 0 spiro atoms. The van der Waals surface area contributed by atoms with E-state index in [0.717, 1.165) is 12.8 Å². The molecule has 0 atom stereocenters. The SMILES string of the molecule is O=C(O)c1coc(CN(CCO)C2CCC2)c1. The molecule has 0 bridgehead atoms. The zero-order valence-corrected chi connectivity index (χ0v) is 9.63. The molecule has 0 radical (unpaired) electrons. The van der Waals surface area contributed by atoms with Gasteiger partial charge in [-0.15, -0.1) is 0 Å². The van der Waals surface area contributed by atoms with Crippen LogP contribution in [-0.2, 0) is 6.54 Å². The van der Waals surface area contributed by atoms with Crippen LogP contribution in [0.25, 0.3) is 0 Å². The van der Waals surface area contributed by atoms with Crippen molar-refractivity contribution in [2.24, 2.45) is 0 Å². The molecule has 94 valence electrons. The Balaban J connectivity index is 1.98. The van der Waals surface area contributed by atoms with Crippen LogP contribution < -0.4 is 0 Å². The van der Waals surface area contributed by atoms with Crippen LogP contribution in [0.4, 0.5) is 0 Å². The van der Waals surface area contributed by atoms with Crippen molar-refractivity contribution in [1.82, 2.24) is 4.90 Å². The first kappa shape index (κ1) is 12.1. The highest BCUT2D eigenvalue weighted by Crippen LogP contribution is 2.26. The second-order valence-electron chi connectivity index (χ2n) is 4.39. The zero-order chi connectivity index (χ0) is 12.3. The predicted octanol–water partition coefficient (Wildman–Crippen LogP) is 1.32. The van der Waals surface area contributed by atoms with Gasteiger partial charge in [0.25, 0.3) is 0 Å². The van der Waals surface area contributed by atoms with Crippen LogP contribution in [0.5, 0.6) is 0 Å². The van der Waals surface area contributed by atoms with Gasteiger partial charge in [-0.05, 0) is 18.9 Å².